The zero-order chi connectivity index (χ0) is 19.0. The smallest absolute Gasteiger partial charge is 0.170 e. The van der Waals surface area contributed by atoms with Crippen molar-refractivity contribution < 1.29 is 4.42 Å². The van der Waals surface area contributed by atoms with Gasteiger partial charge in [-0.25, -0.2) is 0 Å². The molecule has 6 heteroatoms. The molecule has 138 valence electrons. The number of halogens is 1. The lowest BCUT2D eigenvalue weighted by Crippen LogP contribution is -2.29. The number of furan rings is 1. The van der Waals surface area contributed by atoms with E-state index in [1.807, 2.05) is 48.5 Å². The fourth-order valence-corrected chi connectivity index (χ4v) is 4.11. The first-order valence-electron chi connectivity index (χ1n) is 8.93. The van der Waals surface area contributed by atoms with Gasteiger partial charge in [0.25, 0.3) is 0 Å². The molecule has 0 spiro atoms. The van der Waals surface area contributed by atoms with Crippen LogP contribution < -0.4 is 5.32 Å². The Labute approximate surface area is 169 Å². The van der Waals surface area contributed by atoms with E-state index >= 15 is 0 Å². The first-order valence-corrected chi connectivity index (χ1v) is 9.71. The summed E-state index contributed by atoms with van der Waals surface area (Å²) >= 11 is 11.7. The maximum absolute atomic E-state index is 6.29. The van der Waals surface area contributed by atoms with Gasteiger partial charge >= 0.3 is 0 Å². The Morgan fingerprint density at radius 1 is 1.22 bits per heavy atom. The van der Waals surface area contributed by atoms with E-state index in [2.05, 4.69) is 29.0 Å². The van der Waals surface area contributed by atoms with Gasteiger partial charge in [0.1, 0.15) is 17.6 Å². The van der Waals surface area contributed by atoms with Crippen molar-refractivity contribution in [2.45, 2.75) is 25.9 Å². The molecule has 2 aromatic heterocycles. The average Bonchev–Trinajstić information content (AvgIpc) is 3.28. The van der Waals surface area contributed by atoms with Crippen LogP contribution in [0.15, 0.2) is 59.1 Å². The molecule has 1 saturated heterocycles. The van der Waals surface area contributed by atoms with Crippen molar-refractivity contribution in [2.24, 2.45) is 0 Å². The number of hydrogen-bond acceptors (Lipinski definition) is 3. The molecule has 1 N–H and O–H groups in total. The standard InChI is InChI=1S/C21H20ClN3OS/c1-3-25-20(19(24-21(25)27)16-6-4-5-11-23-16)18-10-9-17(26-18)15-12-14(22)8-7-13(15)2/h4-12,19-20H,3H2,1-2H3,(H,24,27)/t19-,20+/m1/s1. The van der Waals surface area contributed by atoms with Crippen molar-refractivity contribution in [3.8, 4) is 11.3 Å². The highest BCUT2D eigenvalue weighted by molar-refractivity contribution is 7.80. The molecular weight excluding hydrogens is 378 g/mol. The minimum absolute atomic E-state index is 0.0503. The molecule has 4 nitrogen and oxygen atoms in total. The lowest BCUT2D eigenvalue weighted by Gasteiger charge is -2.24. The topological polar surface area (TPSA) is 41.3 Å². The molecule has 1 aliphatic rings. The Morgan fingerprint density at radius 3 is 2.81 bits per heavy atom. The summed E-state index contributed by atoms with van der Waals surface area (Å²) in [6.45, 7) is 4.92. The first kappa shape index (κ1) is 18.0. The molecule has 1 aromatic carbocycles. The van der Waals surface area contributed by atoms with Crippen LogP contribution in [0.5, 0.6) is 0 Å². The van der Waals surface area contributed by atoms with E-state index in [0.29, 0.717) is 5.02 Å². The van der Waals surface area contributed by atoms with Crippen LogP contribution in [0.4, 0.5) is 0 Å². The Balaban J connectivity index is 1.75. The van der Waals surface area contributed by atoms with Gasteiger partial charge in [-0.15, -0.1) is 0 Å². The monoisotopic (exact) mass is 397 g/mol. The van der Waals surface area contributed by atoms with Crippen LogP contribution in [0, 0.1) is 6.92 Å². The highest BCUT2D eigenvalue weighted by atomic mass is 35.5. The van der Waals surface area contributed by atoms with Crippen LogP contribution in [-0.4, -0.2) is 21.5 Å². The fourth-order valence-electron chi connectivity index (χ4n) is 3.57. The SMILES string of the molecule is CCN1C(=S)N[C@H](c2ccccn2)[C@@H]1c1ccc(-c2cc(Cl)ccc2C)o1. The predicted octanol–water partition coefficient (Wildman–Crippen LogP) is 5.30. The Bertz CT molecular complexity index is 973. The third-order valence-corrected chi connectivity index (χ3v) is 5.51. The molecule has 27 heavy (non-hydrogen) atoms. The lowest BCUT2D eigenvalue weighted by atomic mass is 10.0. The van der Waals surface area contributed by atoms with E-state index in [9.17, 15) is 0 Å². The van der Waals surface area contributed by atoms with Crippen LogP contribution in [-0.2, 0) is 0 Å². The van der Waals surface area contributed by atoms with Crippen LogP contribution in [0.1, 0.15) is 36.0 Å². The number of pyridine rings is 1. The van der Waals surface area contributed by atoms with Gasteiger partial charge in [0.05, 0.1) is 11.7 Å². The zero-order valence-electron chi connectivity index (χ0n) is 15.1. The van der Waals surface area contributed by atoms with E-state index in [1.165, 1.54) is 0 Å². The summed E-state index contributed by atoms with van der Waals surface area (Å²) in [6.07, 6.45) is 1.80. The second kappa shape index (κ2) is 7.33. The van der Waals surface area contributed by atoms with Crippen LogP contribution in [0.25, 0.3) is 11.3 Å². The Hall–Kier alpha value is -2.37. The number of benzene rings is 1. The number of nitrogens with zero attached hydrogens (tertiary/aromatic N) is 2. The highest BCUT2D eigenvalue weighted by Gasteiger charge is 2.40. The van der Waals surface area contributed by atoms with Gasteiger partial charge in [0, 0.05) is 23.3 Å². The summed E-state index contributed by atoms with van der Waals surface area (Å²) in [4.78, 5) is 6.66. The number of likely N-dealkylation sites (N-methyl/N-ethyl adjacent to an activating group) is 1. The number of aryl methyl sites for hydroxylation is 1. The molecule has 0 saturated carbocycles. The molecule has 0 unspecified atom stereocenters. The molecule has 1 fully saturated rings. The van der Waals surface area contributed by atoms with Gasteiger partial charge in [-0.1, -0.05) is 23.7 Å². The molecule has 2 atom stereocenters. The molecule has 3 aromatic rings. The summed E-state index contributed by atoms with van der Waals surface area (Å²) in [5, 5.41) is 4.81. The Morgan fingerprint density at radius 2 is 2.07 bits per heavy atom. The molecule has 4 rings (SSSR count). The summed E-state index contributed by atoms with van der Waals surface area (Å²) in [5.74, 6) is 1.66. The second-order valence-corrected chi connectivity index (χ2v) is 7.40. The quantitative estimate of drug-likeness (QED) is 0.605. The summed E-state index contributed by atoms with van der Waals surface area (Å²) < 4.78 is 6.29. The number of hydrogen-bond donors (Lipinski definition) is 1. The average molecular weight is 398 g/mol. The van der Waals surface area contributed by atoms with Crippen molar-refractivity contribution in [1.82, 2.24) is 15.2 Å². The van der Waals surface area contributed by atoms with Crippen molar-refractivity contribution in [3.05, 3.63) is 76.8 Å². The first-order chi connectivity index (χ1) is 13.1. The van der Waals surface area contributed by atoms with Gasteiger partial charge in [-0.2, -0.15) is 0 Å². The van der Waals surface area contributed by atoms with Gasteiger partial charge < -0.3 is 14.6 Å². The van der Waals surface area contributed by atoms with Crippen LogP contribution in [0.2, 0.25) is 5.02 Å². The summed E-state index contributed by atoms with van der Waals surface area (Å²) in [5.41, 5.74) is 3.06. The third-order valence-electron chi connectivity index (χ3n) is 4.92. The van der Waals surface area contributed by atoms with E-state index in [0.717, 1.165) is 40.0 Å². The van der Waals surface area contributed by atoms with Gasteiger partial charge in [-0.3, -0.25) is 4.98 Å². The molecule has 3 heterocycles. The molecule has 0 aliphatic carbocycles. The highest BCUT2D eigenvalue weighted by Crippen LogP contribution is 2.40. The van der Waals surface area contributed by atoms with E-state index in [-0.39, 0.29) is 12.1 Å². The van der Waals surface area contributed by atoms with E-state index < -0.39 is 0 Å². The van der Waals surface area contributed by atoms with Crippen molar-refractivity contribution in [2.75, 3.05) is 6.54 Å². The minimum Gasteiger partial charge on any atom is -0.459 e. The predicted molar refractivity (Wildman–Crippen MR) is 112 cm³/mol. The fraction of sp³-hybridized carbons (Fsp3) is 0.238. The maximum atomic E-state index is 6.29. The minimum atomic E-state index is -0.0573. The molecule has 0 radical (unpaired) electrons. The molecule has 0 amide bonds. The van der Waals surface area contributed by atoms with Gasteiger partial charge in [0.15, 0.2) is 5.11 Å². The molecule has 1 aliphatic heterocycles. The maximum Gasteiger partial charge on any atom is 0.170 e. The van der Waals surface area contributed by atoms with E-state index in [4.69, 9.17) is 28.2 Å². The Kier molecular flexibility index (Phi) is 4.89. The van der Waals surface area contributed by atoms with E-state index in [1.54, 1.807) is 6.20 Å². The molecule has 0 bridgehead atoms. The summed E-state index contributed by atoms with van der Waals surface area (Å²) in [6, 6.07) is 15.7. The number of thiocarbonyl (C=S) groups is 1. The number of rotatable bonds is 4. The normalized spacial score (nSPS) is 19.4. The van der Waals surface area contributed by atoms with Crippen molar-refractivity contribution >= 4 is 28.9 Å². The van der Waals surface area contributed by atoms with Crippen molar-refractivity contribution in [1.29, 1.82) is 0 Å². The zero-order valence-corrected chi connectivity index (χ0v) is 16.7. The number of nitrogens with one attached hydrogen (secondary N) is 1. The summed E-state index contributed by atoms with van der Waals surface area (Å²) in [7, 11) is 0. The van der Waals surface area contributed by atoms with Gasteiger partial charge in [-0.05, 0) is 68.0 Å². The number of aromatic nitrogens is 1. The third kappa shape index (κ3) is 3.33. The second-order valence-electron chi connectivity index (χ2n) is 6.57. The molecular formula is C21H20ClN3OS. The van der Waals surface area contributed by atoms with Crippen LogP contribution >= 0.6 is 23.8 Å². The van der Waals surface area contributed by atoms with Gasteiger partial charge in [0.2, 0.25) is 0 Å². The lowest BCUT2D eigenvalue weighted by molar-refractivity contribution is 0.284. The van der Waals surface area contributed by atoms with Crippen molar-refractivity contribution in [3.63, 3.8) is 0 Å². The largest absolute Gasteiger partial charge is 0.459 e. The van der Waals surface area contributed by atoms with Crippen LogP contribution in [0.3, 0.4) is 0 Å².